The zero-order chi connectivity index (χ0) is 18.4. The van der Waals surface area contributed by atoms with Crippen LogP contribution in [0.2, 0.25) is 0 Å². The first-order chi connectivity index (χ1) is 12.7. The first-order valence-electron chi connectivity index (χ1n) is 7.75. The number of methoxy groups -OCH3 is 1. The lowest BCUT2D eigenvalue weighted by Crippen LogP contribution is -2.14. The summed E-state index contributed by atoms with van der Waals surface area (Å²) in [5.74, 6) is 1.36. The fraction of sp³-hybridized carbons (Fsp3) is 0.167. The van der Waals surface area contributed by atoms with Crippen LogP contribution in [0.25, 0.3) is 11.4 Å². The minimum atomic E-state index is -0.365. The molecule has 2 aromatic carbocycles. The number of thioether (sulfide) groups is 1. The lowest BCUT2D eigenvalue weighted by atomic mass is 10.2. The van der Waals surface area contributed by atoms with E-state index in [4.69, 9.17) is 9.26 Å². The van der Waals surface area contributed by atoms with E-state index in [0.717, 1.165) is 0 Å². The number of rotatable bonds is 7. The minimum Gasteiger partial charge on any atom is -0.495 e. The molecule has 0 fully saturated rings. The maximum Gasteiger partial charge on any atom is 0.236 e. The smallest absolute Gasteiger partial charge is 0.236 e. The molecule has 0 unspecified atom stereocenters. The molecule has 0 aliphatic heterocycles. The van der Waals surface area contributed by atoms with Gasteiger partial charge in [-0.25, -0.2) is 4.39 Å². The van der Waals surface area contributed by atoms with Crippen molar-refractivity contribution in [2.45, 2.75) is 5.75 Å². The van der Waals surface area contributed by atoms with Gasteiger partial charge in [0.25, 0.3) is 0 Å². The fourth-order valence-corrected chi connectivity index (χ4v) is 2.88. The molecule has 1 amide bonds. The molecule has 3 aromatic rings. The zero-order valence-electron chi connectivity index (χ0n) is 13.9. The van der Waals surface area contributed by atoms with Gasteiger partial charge in [-0.15, -0.1) is 11.8 Å². The van der Waals surface area contributed by atoms with Crippen LogP contribution in [0.5, 0.6) is 5.75 Å². The summed E-state index contributed by atoms with van der Waals surface area (Å²) in [4.78, 5) is 16.3. The van der Waals surface area contributed by atoms with E-state index >= 15 is 0 Å². The molecule has 0 saturated carbocycles. The average Bonchev–Trinajstić information content (AvgIpc) is 3.11. The maximum absolute atomic E-state index is 13.2. The predicted molar refractivity (Wildman–Crippen MR) is 97.5 cm³/mol. The number of carbonyl (C=O) groups excluding carboxylic acids is 1. The van der Waals surface area contributed by atoms with E-state index in [2.05, 4.69) is 15.5 Å². The maximum atomic E-state index is 13.2. The quantitative estimate of drug-likeness (QED) is 0.680. The monoisotopic (exact) mass is 373 g/mol. The van der Waals surface area contributed by atoms with Crippen LogP contribution in [0.15, 0.2) is 53.1 Å². The molecule has 0 atom stereocenters. The van der Waals surface area contributed by atoms with Crippen LogP contribution in [0, 0.1) is 5.82 Å². The summed E-state index contributed by atoms with van der Waals surface area (Å²) in [6.07, 6.45) is 0. The Balaban J connectivity index is 1.51. The van der Waals surface area contributed by atoms with E-state index in [1.54, 1.807) is 31.4 Å². The SMILES string of the molecule is COc1ccccc1NC(=O)CSCc1nc(-c2cccc(F)c2)no1. The van der Waals surface area contributed by atoms with Gasteiger partial charge in [0.15, 0.2) is 0 Å². The number of nitrogens with one attached hydrogen (secondary N) is 1. The van der Waals surface area contributed by atoms with E-state index < -0.39 is 0 Å². The van der Waals surface area contributed by atoms with E-state index in [1.165, 1.54) is 23.9 Å². The highest BCUT2D eigenvalue weighted by atomic mass is 32.2. The van der Waals surface area contributed by atoms with Gasteiger partial charge in [0.05, 0.1) is 24.3 Å². The molecule has 1 heterocycles. The summed E-state index contributed by atoms with van der Waals surface area (Å²) in [6, 6.07) is 13.2. The zero-order valence-corrected chi connectivity index (χ0v) is 14.8. The Morgan fingerprint density at radius 1 is 1.27 bits per heavy atom. The third-order valence-electron chi connectivity index (χ3n) is 3.39. The Morgan fingerprint density at radius 3 is 2.92 bits per heavy atom. The van der Waals surface area contributed by atoms with Crippen molar-refractivity contribution in [3.05, 3.63) is 60.2 Å². The number of amides is 1. The van der Waals surface area contributed by atoms with Gasteiger partial charge in [-0.1, -0.05) is 29.4 Å². The van der Waals surface area contributed by atoms with Gasteiger partial charge in [-0.2, -0.15) is 4.98 Å². The summed E-state index contributed by atoms with van der Waals surface area (Å²) in [7, 11) is 1.55. The number of aromatic nitrogens is 2. The van der Waals surface area contributed by atoms with Gasteiger partial charge in [0.2, 0.25) is 17.6 Å². The van der Waals surface area contributed by atoms with Crippen molar-refractivity contribution >= 4 is 23.4 Å². The van der Waals surface area contributed by atoms with Gasteiger partial charge < -0.3 is 14.6 Å². The summed E-state index contributed by atoms with van der Waals surface area (Å²) in [6.45, 7) is 0. The molecular formula is C18H16FN3O3S. The standard InChI is InChI=1S/C18H16FN3O3S/c1-24-15-8-3-2-7-14(15)20-16(23)10-26-11-17-21-18(22-25-17)12-5-4-6-13(19)9-12/h2-9H,10-11H2,1H3,(H,20,23). The van der Waals surface area contributed by atoms with Crippen molar-refractivity contribution in [1.82, 2.24) is 10.1 Å². The molecule has 0 aliphatic rings. The summed E-state index contributed by atoms with van der Waals surface area (Å²) < 4.78 is 23.6. The topological polar surface area (TPSA) is 77.2 Å². The molecule has 3 rings (SSSR count). The molecule has 134 valence electrons. The first-order valence-corrected chi connectivity index (χ1v) is 8.90. The lowest BCUT2D eigenvalue weighted by molar-refractivity contribution is -0.113. The Hall–Kier alpha value is -2.87. The fourth-order valence-electron chi connectivity index (χ4n) is 2.22. The third-order valence-corrected chi connectivity index (χ3v) is 4.31. The number of para-hydroxylation sites is 2. The summed E-state index contributed by atoms with van der Waals surface area (Å²) >= 11 is 1.34. The van der Waals surface area contributed by atoms with Crippen molar-refractivity contribution in [1.29, 1.82) is 0 Å². The molecule has 1 N–H and O–H groups in total. The van der Waals surface area contributed by atoms with Crippen LogP contribution in [-0.2, 0) is 10.5 Å². The van der Waals surface area contributed by atoms with Crippen LogP contribution in [-0.4, -0.2) is 28.9 Å². The van der Waals surface area contributed by atoms with Crippen LogP contribution in [0.4, 0.5) is 10.1 Å². The molecule has 0 bridgehead atoms. The third kappa shape index (κ3) is 4.60. The van der Waals surface area contributed by atoms with Gasteiger partial charge >= 0.3 is 0 Å². The molecule has 6 nitrogen and oxygen atoms in total. The molecule has 0 spiro atoms. The normalized spacial score (nSPS) is 10.5. The van der Waals surface area contributed by atoms with E-state index in [9.17, 15) is 9.18 Å². The van der Waals surface area contributed by atoms with Gasteiger partial charge in [0.1, 0.15) is 11.6 Å². The van der Waals surface area contributed by atoms with Gasteiger partial charge in [-0.05, 0) is 24.3 Å². The number of carbonyl (C=O) groups is 1. The average molecular weight is 373 g/mol. The Kier molecular flexibility index (Phi) is 5.85. The number of hydrogen-bond acceptors (Lipinski definition) is 6. The largest absolute Gasteiger partial charge is 0.495 e. The second kappa shape index (κ2) is 8.48. The second-order valence-corrected chi connectivity index (χ2v) is 6.25. The number of nitrogens with zero attached hydrogens (tertiary/aromatic N) is 2. The number of ether oxygens (including phenoxy) is 1. The van der Waals surface area contributed by atoms with Gasteiger partial charge in [-0.3, -0.25) is 4.79 Å². The Labute approximate surface area is 153 Å². The van der Waals surface area contributed by atoms with Gasteiger partial charge in [0, 0.05) is 5.56 Å². The van der Waals surface area contributed by atoms with Crippen molar-refractivity contribution in [3.8, 4) is 17.1 Å². The van der Waals surface area contributed by atoms with Crippen molar-refractivity contribution in [3.63, 3.8) is 0 Å². The predicted octanol–water partition coefficient (Wildman–Crippen LogP) is 3.76. The number of halogens is 1. The lowest BCUT2D eigenvalue weighted by Gasteiger charge is -2.09. The summed E-state index contributed by atoms with van der Waals surface area (Å²) in [5.41, 5.74) is 1.16. The number of anilines is 1. The van der Waals surface area contributed by atoms with Crippen LogP contribution in [0.3, 0.4) is 0 Å². The molecular weight excluding hydrogens is 357 g/mol. The number of benzene rings is 2. The highest BCUT2D eigenvalue weighted by Gasteiger charge is 2.11. The van der Waals surface area contributed by atoms with E-state index in [1.807, 2.05) is 12.1 Å². The summed E-state index contributed by atoms with van der Waals surface area (Å²) in [5, 5.41) is 6.62. The molecule has 26 heavy (non-hydrogen) atoms. The van der Waals surface area contributed by atoms with E-state index in [-0.39, 0.29) is 17.5 Å². The van der Waals surface area contributed by atoms with Crippen molar-refractivity contribution in [2.75, 3.05) is 18.2 Å². The Bertz CT molecular complexity index is 901. The first kappa shape index (κ1) is 17.9. The van der Waals surface area contributed by atoms with Crippen molar-refractivity contribution < 1.29 is 18.4 Å². The Morgan fingerprint density at radius 2 is 2.12 bits per heavy atom. The van der Waals surface area contributed by atoms with Crippen LogP contribution < -0.4 is 10.1 Å². The van der Waals surface area contributed by atoms with Crippen LogP contribution >= 0.6 is 11.8 Å². The molecule has 8 heteroatoms. The molecule has 0 radical (unpaired) electrons. The molecule has 0 aliphatic carbocycles. The highest BCUT2D eigenvalue weighted by molar-refractivity contribution is 7.99. The van der Waals surface area contributed by atoms with Crippen LogP contribution in [0.1, 0.15) is 5.89 Å². The van der Waals surface area contributed by atoms with E-state index in [0.29, 0.717) is 34.5 Å². The van der Waals surface area contributed by atoms with Crippen molar-refractivity contribution in [2.24, 2.45) is 0 Å². The highest BCUT2D eigenvalue weighted by Crippen LogP contribution is 2.23. The number of hydrogen-bond donors (Lipinski definition) is 1. The molecule has 1 aromatic heterocycles. The second-order valence-electron chi connectivity index (χ2n) is 5.26. The minimum absolute atomic E-state index is 0.163. The molecule has 0 saturated heterocycles.